The summed E-state index contributed by atoms with van der Waals surface area (Å²) in [5, 5.41) is 41.3. The highest BCUT2D eigenvalue weighted by Gasteiger charge is 2.76. The van der Waals surface area contributed by atoms with E-state index in [1.165, 1.54) is 12.1 Å². The summed E-state index contributed by atoms with van der Waals surface area (Å²) in [7, 11) is 0. The van der Waals surface area contributed by atoms with Crippen LogP contribution >= 0.6 is 0 Å². The van der Waals surface area contributed by atoms with Gasteiger partial charge in [-0.05, 0) is 48.7 Å². The summed E-state index contributed by atoms with van der Waals surface area (Å²) in [6.45, 7) is 3.40. The van der Waals surface area contributed by atoms with Gasteiger partial charge in [0.1, 0.15) is 11.5 Å². The molecular formula is C30H26O10. The zero-order valence-corrected chi connectivity index (χ0v) is 21.5. The Labute approximate surface area is 228 Å². The van der Waals surface area contributed by atoms with E-state index in [0.29, 0.717) is 17.2 Å². The van der Waals surface area contributed by atoms with Gasteiger partial charge in [-0.2, -0.15) is 0 Å². The fourth-order valence-electron chi connectivity index (χ4n) is 5.01. The first kappa shape index (κ1) is 27.9. The maximum absolute atomic E-state index is 12.9. The van der Waals surface area contributed by atoms with Crippen LogP contribution in [0.15, 0.2) is 84.9 Å². The third kappa shape index (κ3) is 4.23. The summed E-state index contributed by atoms with van der Waals surface area (Å²) in [6, 6.07) is 21.2. The van der Waals surface area contributed by atoms with Gasteiger partial charge in [-0.1, -0.05) is 66.7 Å². The summed E-state index contributed by atoms with van der Waals surface area (Å²) >= 11 is 0. The lowest BCUT2D eigenvalue weighted by Gasteiger charge is -2.49. The summed E-state index contributed by atoms with van der Waals surface area (Å²) in [5.74, 6) is -10.7. The Kier molecular flexibility index (Phi) is 7.13. The Morgan fingerprint density at radius 2 is 1.05 bits per heavy atom. The number of ether oxygens (including phenoxy) is 2. The largest absolute Gasteiger partial charge is 0.480 e. The average Bonchev–Trinajstić information content (AvgIpc) is 2.91. The number of rotatable bonds is 9. The first-order valence-corrected chi connectivity index (χ1v) is 12.1. The molecular weight excluding hydrogens is 520 g/mol. The smallest absolute Gasteiger partial charge is 0.326 e. The van der Waals surface area contributed by atoms with Crippen LogP contribution in [-0.2, 0) is 19.2 Å². The summed E-state index contributed by atoms with van der Waals surface area (Å²) < 4.78 is 12.8. The van der Waals surface area contributed by atoms with E-state index in [2.05, 4.69) is 0 Å². The van der Waals surface area contributed by atoms with Crippen molar-refractivity contribution < 1.29 is 49.1 Å². The second-order valence-corrected chi connectivity index (χ2v) is 9.52. The number of hydrogen-bond acceptors (Lipinski definition) is 6. The molecule has 1 aliphatic rings. The van der Waals surface area contributed by atoms with E-state index < -0.39 is 46.9 Å². The number of carboxylic acids is 4. The van der Waals surface area contributed by atoms with Crippen LogP contribution in [0, 0.1) is 24.7 Å². The van der Waals surface area contributed by atoms with Crippen molar-refractivity contribution >= 4 is 29.5 Å². The molecule has 40 heavy (non-hydrogen) atoms. The molecule has 0 spiro atoms. The lowest BCUT2D eigenvalue weighted by atomic mass is 9.54. The fourth-order valence-corrected chi connectivity index (χ4v) is 5.01. The second-order valence-electron chi connectivity index (χ2n) is 9.52. The monoisotopic (exact) mass is 546 g/mol. The molecule has 0 unspecified atom stereocenters. The molecule has 3 aromatic carbocycles. The molecule has 4 N–H and O–H groups in total. The Balaban J connectivity index is 2.20. The molecule has 0 aromatic heterocycles. The predicted molar refractivity (Wildman–Crippen MR) is 141 cm³/mol. The zero-order chi connectivity index (χ0) is 29.3. The number of hydrogen-bond donors (Lipinski definition) is 4. The molecule has 4 rings (SSSR count). The van der Waals surface area contributed by atoms with Crippen molar-refractivity contribution in [3.05, 3.63) is 102 Å². The van der Waals surface area contributed by atoms with Crippen LogP contribution in [-0.4, -0.2) is 50.1 Å². The van der Waals surface area contributed by atoms with Gasteiger partial charge in [0.25, 0.3) is 5.79 Å². The molecule has 3 aromatic rings. The summed E-state index contributed by atoms with van der Waals surface area (Å²) in [5.41, 5.74) is -5.68. The van der Waals surface area contributed by atoms with Crippen molar-refractivity contribution in [2.75, 3.05) is 0 Å². The normalized spacial score (nSPS) is 16.7. The molecule has 0 saturated heterocycles. The maximum Gasteiger partial charge on any atom is 0.326 e. The van der Waals surface area contributed by atoms with Gasteiger partial charge in [0.2, 0.25) is 10.8 Å². The number of para-hydroxylation sites is 2. The van der Waals surface area contributed by atoms with Gasteiger partial charge >= 0.3 is 23.9 Å². The Morgan fingerprint density at radius 1 is 0.625 bits per heavy atom. The molecule has 0 amide bonds. The van der Waals surface area contributed by atoms with Crippen LogP contribution in [0.1, 0.15) is 23.1 Å². The molecule has 0 radical (unpaired) electrons. The van der Waals surface area contributed by atoms with Crippen LogP contribution in [0.4, 0.5) is 0 Å². The number of aliphatic carboxylic acids is 4. The van der Waals surface area contributed by atoms with Crippen molar-refractivity contribution in [2.24, 2.45) is 10.8 Å². The highest BCUT2D eigenvalue weighted by molar-refractivity contribution is 6.16. The van der Waals surface area contributed by atoms with Gasteiger partial charge in [-0.15, -0.1) is 0 Å². The molecule has 206 valence electrons. The Morgan fingerprint density at radius 3 is 1.45 bits per heavy atom. The van der Waals surface area contributed by atoms with E-state index in [9.17, 15) is 39.6 Å². The molecule has 0 saturated carbocycles. The topological polar surface area (TPSA) is 168 Å². The van der Waals surface area contributed by atoms with E-state index in [0.717, 1.165) is 0 Å². The zero-order valence-electron chi connectivity index (χ0n) is 21.5. The van der Waals surface area contributed by atoms with Crippen LogP contribution < -0.4 is 9.47 Å². The van der Waals surface area contributed by atoms with Crippen molar-refractivity contribution in [3.8, 4) is 11.5 Å². The lowest BCUT2D eigenvalue weighted by molar-refractivity contribution is -0.203. The quantitative estimate of drug-likeness (QED) is 0.225. The lowest BCUT2D eigenvalue weighted by Crippen LogP contribution is -2.67. The van der Waals surface area contributed by atoms with E-state index in [1.807, 2.05) is 0 Å². The van der Waals surface area contributed by atoms with Gasteiger partial charge in [0.15, 0.2) is 0 Å². The van der Waals surface area contributed by atoms with E-state index >= 15 is 0 Å². The molecule has 0 aliphatic heterocycles. The van der Waals surface area contributed by atoms with E-state index in [4.69, 9.17) is 9.47 Å². The minimum Gasteiger partial charge on any atom is -0.480 e. The number of benzene rings is 3. The molecule has 1 aliphatic carbocycles. The van der Waals surface area contributed by atoms with Crippen molar-refractivity contribution in [3.63, 3.8) is 0 Å². The highest BCUT2D eigenvalue weighted by Crippen LogP contribution is 2.57. The third-order valence-electron chi connectivity index (χ3n) is 7.17. The van der Waals surface area contributed by atoms with Crippen LogP contribution in [0.25, 0.3) is 5.57 Å². The van der Waals surface area contributed by atoms with Crippen molar-refractivity contribution in [1.29, 1.82) is 0 Å². The maximum atomic E-state index is 12.9. The van der Waals surface area contributed by atoms with Crippen LogP contribution in [0.3, 0.4) is 0 Å². The average molecular weight is 547 g/mol. The van der Waals surface area contributed by atoms with E-state index in [1.54, 1.807) is 80.6 Å². The minimum atomic E-state index is -3.46. The standard InChI is InChI=1S/C30H26O10/c1-18-10-6-8-14-22(18)39-30(40-23-15-9-7-11-19(23)2)17-29(26(35)36,27(37)38)28(24(31)32,25(33)34)16-21(30)20-12-4-3-5-13-20/h3-16H,17H2,1-2H3,(H,31,32)(H,33,34)(H,35,36)(H,37,38). The second kappa shape index (κ2) is 10.2. The first-order chi connectivity index (χ1) is 18.9. The number of aryl methyl sites for hydroxylation is 2. The van der Waals surface area contributed by atoms with Gasteiger partial charge in [-0.25, -0.2) is 0 Å². The van der Waals surface area contributed by atoms with E-state index in [-0.39, 0.29) is 22.6 Å². The molecule has 0 bridgehead atoms. The first-order valence-electron chi connectivity index (χ1n) is 12.1. The molecule has 0 atom stereocenters. The third-order valence-corrected chi connectivity index (χ3v) is 7.17. The summed E-state index contributed by atoms with van der Waals surface area (Å²) in [6.07, 6.45) is -0.581. The van der Waals surface area contributed by atoms with Gasteiger partial charge in [-0.3, -0.25) is 19.2 Å². The number of carbonyl (C=O) groups is 4. The SMILES string of the molecule is Cc1ccccc1OC1(Oc2ccccc2C)CC(C(=O)O)(C(=O)O)C(C(=O)O)(C(=O)O)C=C1c1ccccc1. The van der Waals surface area contributed by atoms with Gasteiger partial charge in [0.05, 0.1) is 6.42 Å². The highest BCUT2D eigenvalue weighted by atomic mass is 16.7. The Bertz CT molecular complexity index is 1450. The van der Waals surface area contributed by atoms with Crippen molar-refractivity contribution in [1.82, 2.24) is 0 Å². The minimum absolute atomic E-state index is 0.164. The van der Waals surface area contributed by atoms with Gasteiger partial charge in [0, 0.05) is 5.57 Å². The van der Waals surface area contributed by atoms with Crippen molar-refractivity contribution in [2.45, 2.75) is 26.1 Å². The molecule has 0 heterocycles. The Hall–Kier alpha value is -5.12. The summed E-state index contributed by atoms with van der Waals surface area (Å²) in [4.78, 5) is 51.2. The van der Waals surface area contributed by atoms with Crippen LogP contribution in [0.5, 0.6) is 11.5 Å². The molecule has 10 heteroatoms. The van der Waals surface area contributed by atoms with Gasteiger partial charge < -0.3 is 29.9 Å². The molecule has 10 nitrogen and oxygen atoms in total. The fraction of sp³-hybridized carbons (Fsp3) is 0.200. The van der Waals surface area contributed by atoms with Crippen LogP contribution in [0.2, 0.25) is 0 Å². The predicted octanol–water partition coefficient (Wildman–Crippen LogP) is 4.26. The molecule has 0 fully saturated rings. The number of carboxylic acid groups (broad SMARTS) is 4.